The zero-order chi connectivity index (χ0) is 8.28. The Morgan fingerprint density at radius 2 is 1.91 bits per heavy atom. The molecule has 0 amide bonds. The quantitative estimate of drug-likeness (QED) is 0.567. The van der Waals surface area contributed by atoms with E-state index in [1.54, 1.807) is 0 Å². The summed E-state index contributed by atoms with van der Waals surface area (Å²) >= 11 is 0. The number of aliphatic hydroxyl groups is 1. The van der Waals surface area contributed by atoms with Gasteiger partial charge in [0.15, 0.2) is 0 Å². The summed E-state index contributed by atoms with van der Waals surface area (Å²) in [7, 11) is 0. The molecule has 0 heterocycles. The molecule has 0 aromatic rings. The molecule has 3 rings (SSSR count). The van der Waals surface area contributed by atoms with Crippen LogP contribution in [0, 0.1) is 17.3 Å². The fourth-order valence-corrected chi connectivity index (χ4v) is 3.11. The summed E-state index contributed by atoms with van der Waals surface area (Å²) in [6.45, 7) is 6.63. The van der Waals surface area contributed by atoms with Crippen molar-refractivity contribution in [3.05, 3.63) is 0 Å². The van der Waals surface area contributed by atoms with Gasteiger partial charge in [-0.1, -0.05) is 20.8 Å². The van der Waals surface area contributed by atoms with Gasteiger partial charge in [0.05, 0.1) is 5.60 Å². The maximum atomic E-state index is 10.2. The van der Waals surface area contributed by atoms with Crippen molar-refractivity contribution in [2.24, 2.45) is 17.3 Å². The van der Waals surface area contributed by atoms with E-state index in [0.717, 1.165) is 12.3 Å². The summed E-state index contributed by atoms with van der Waals surface area (Å²) in [6, 6.07) is 0. The molecular formula is C10H18O. The van der Waals surface area contributed by atoms with Crippen molar-refractivity contribution in [1.82, 2.24) is 0 Å². The molecule has 11 heavy (non-hydrogen) atoms. The Morgan fingerprint density at radius 3 is 2.27 bits per heavy atom. The van der Waals surface area contributed by atoms with Crippen molar-refractivity contribution < 1.29 is 5.11 Å². The van der Waals surface area contributed by atoms with E-state index >= 15 is 0 Å². The molecule has 3 unspecified atom stereocenters. The number of rotatable bonds is 0. The summed E-state index contributed by atoms with van der Waals surface area (Å²) in [4.78, 5) is 0. The van der Waals surface area contributed by atoms with Crippen LogP contribution in [0.4, 0.5) is 0 Å². The zero-order valence-electron chi connectivity index (χ0n) is 7.72. The third kappa shape index (κ3) is 0.658. The van der Waals surface area contributed by atoms with E-state index in [-0.39, 0.29) is 11.0 Å². The van der Waals surface area contributed by atoms with Crippen molar-refractivity contribution in [3.8, 4) is 0 Å². The van der Waals surface area contributed by atoms with Gasteiger partial charge in [-0.15, -0.1) is 0 Å². The fourth-order valence-electron chi connectivity index (χ4n) is 3.11. The minimum Gasteiger partial charge on any atom is -0.389 e. The molecular weight excluding hydrogens is 136 g/mol. The zero-order valence-corrected chi connectivity index (χ0v) is 7.72. The highest BCUT2D eigenvalue weighted by atomic mass is 16.3. The lowest BCUT2D eigenvalue weighted by Gasteiger charge is -2.65. The van der Waals surface area contributed by atoms with Crippen molar-refractivity contribution in [1.29, 1.82) is 0 Å². The average molecular weight is 154 g/mol. The van der Waals surface area contributed by atoms with Gasteiger partial charge in [0.2, 0.25) is 0 Å². The summed E-state index contributed by atoms with van der Waals surface area (Å²) in [5, 5.41) is 10.2. The Balaban J connectivity index is 2.28. The van der Waals surface area contributed by atoms with Crippen LogP contribution < -0.4 is 0 Å². The highest BCUT2D eigenvalue weighted by molar-refractivity contribution is 5.13. The normalized spacial score (nSPS) is 53.5. The van der Waals surface area contributed by atoms with E-state index in [0.29, 0.717) is 5.92 Å². The van der Waals surface area contributed by atoms with Crippen LogP contribution in [0.5, 0.6) is 0 Å². The minimum absolute atomic E-state index is 0.199. The third-order valence-electron chi connectivity index (χ3n) is 4.46. The van der Waals surface area contributed by atoms with Crippen LogP contribution in [0.1, 0.15) is 40.0 Å². The SMILES string of the molecule is CC1CCC2CC1(O)C2(C)C. The van der Waals surface area contributed by atoms with Crippen molar-refractivity contribution in [2.75, 3.05) is 0 Å². The van der Waals surface area contributed by atoms with Gasteiger partial charge >= 0.3 is 0 Å². The molecule has 2 bridgehead atoms. The van der Waals surface area contributed by atoms with Crippen LogP contribution in [0.3, 0.4) is 0 Å². The third-order valence-corrected chi connectivity index (χ3v) is 4.46. The molecule has 1 heteroatoms. The van der Waals surface area contributed by atoms with E-state index in [2.05, 4.69) is 20.8 Å². The largest absolute Gasteiger partial charge is 0.389 e. The molecule has 3 atom stereocenters. The first-order valence-electron chi connectivity index (χ1n) is 4.71. The second kappa shape index (κ2) is 1.82. The van der Waals surface area contributed by atoms with Gasteiger partial charge < -0.3 is 5.11 Å². The Kier molecular flexibility index (Phi) is 1.26. The number of fused-ring (bicyclic) bond motifs is 2. The maximum absolute atomic E-state index is 10.2. The highest BCUT2D eigenvalue weighted by Gasteiger charge is 2.63. The second-order valence-electron chi connectivity index (χ2n) is 5.03. The number of hydrogen-bond donors (Lipinski definition) is 1. The van der Waals surface area contributed by atoms with E-state index in [1.165, 1.54) is 12.8 Å². The summed E-state index contributed by atoms with van der Waals surface area (Å²) < 4.78 is 0. The summed E-state index contributed by atoms with van der Waals surface area (Å²) in [5.74, 6) is 1.31. The Morgan fingerprint density at radius 1 is 1.27 bits per heavy atom. The second-order valence-corrected chi connectivity index (χ2v) is 5.03. The van der Waals surface area contributed by atoms with E-state index in [1.807, 2.05) is 0 Å². The lowest BCUT2D eigenvalue weighted by Crippen LogP contribution is -2.66. The van der Waals surface area contributed by atoms with Gasteiger partial charge in [-0.05, 0) is 36.5 Å². The van der Waals surface area contributed by atoms with Gasteiger partial charge in [-0.3, -0.25) is 0 Å². The van der Waals surface area contributed by atoms with E-state index in [9.17, 15) is 5.11 Å². The predicted molar refractivity (Wildman–Crippen MR) is 45.2 cm³/mol. The van der Waals surface area contributed by atoms with Crippen molar-refractivity contribution in [2.45, 2.75) is 45.6 Å². The molecule has 3 fully saturated rings. The van der Waals surface area contributed by atoms with Crippen LogP contribution in [0.2, 0.25) is 0 Å². The van der Waals surface area contributed by atoms with E-state index < -0.39 is 0 Å². The van der Waals surface area contributed by atoms with E-state index in [4.69, 9.17) is 0 Å². The molecule has 64 valence electrons. The van der Waals surface area contributed by atoms with Gasteiger partial charge in [0.1, 0.15) is 0 Å². The van der Waals surface area contributed by atoms with Gasteiger partial charge in [0, 0.05) is 0 Å². The van der Waals surface area contributed by atoms with Crippen LogP contribution in [0.15, 0.2) is 0 Å². The molecule has 0 saturated heterocycles. The van der Waals surface area contributed by atoms with Crippen LogP contribution in [-0.4, -0.2) is 10.7 Å². The first-order chi connectivity index (χ1) is 4.98. The number of hydrogen-bond acceptors (Lipinski definition) is 1. The highest BCUT2D eigenvalue weighted by Crippen LogP contribution is 2.63. The molecule has 3 aliphatic rings. The maximum Gasteiger partial charge on any atom is 0.0729 e. The first-order valence-corrected chi connectivity index (χ1v) is 4.71. The molecule has 1 N–H and O–H groups in total. The molecule has 3 aliphatic carbocycles. The molecule has 0 radical (unpaired) electrons. The molecule has 3 saturated carbocycles. The molecule has 0 aromatic heterocycles. The van der Waals surface area contributed by atoms with Crippen LogP contribution >= 0.6 is 0 Å². The Labute approximate surface area is 68.8 Å². The lowest BCUT2D eigenvalue weighted by atomic mass is 9.43. The van der Waals surface area contributed by atoms with Gasteiger partial charge in [0.25, 0.3) is 0 Å². The summed E-state index contributed by atoms with van der Waals surface area (Å²) in [5.41, 5.74) is -0.124. The minimum atomic E-state index is -0.323. The van der Waals surface area contributed by atoms with Gasteiger partial charge in [-0.25, -0.2) is 0 Å². The fraction of sp³-hybridized carbons (Fsp3) is 1.00. The summed E-state index contributed by atoms with van der Waals surface area (Å²) in [6.07, 6.45) is 3.61. The monoisotopic (exact) mass is 154 g/mol. The van der Waals surface area contributed by atoms with Crippen molar-refractivity contribution in [3.63, 3.8) is 0 Å². The van der Waals surface area contributed by atoms with Gasteiger partial charge in [-0.2, -0.15) is 0 Å². The molecule has 0 spiro atoms. The molecule has 1 nitrogen and oxygen atoms in total. The van der Waals surface area contributed by atoms with Crippen LogP contribution in [0.25, 0.3) is 0 Å². The molecule has 0 aromatic carbocycles. The smallest absolute Gasteiger partial charge is 0.0729 e. The van der Waals surface area contributed by atoms with Crippen molar-refractivity contribution >= 4 is 0 Å². The topological polar surface area (TPSA) is 20.2 Å². The molecule has 0 aliphatic heterocycles. The lowest BCUT2D eigenvalue weighted by molar-refractivity contribution is -0.251. The first kappa shape index (κ1) is 7.60. The Hall–Kier alpha value is -0.0400. The standard InChI is InChI=1S/C10H18O/c1-7-4-5-8-6-10(7,11)9(8,2)3/h7-8,11H,4-6H2,1-3H3. The van der Waals surface area contributed by atoms with Crippen LogP contribution in [-0.2, 0) is 0 Å². The average Bonchev–Trinajstić information content (AvgIpc) is 1.94. The predicted octanol–water partition coefficient (Wildman–Crippen LogP) is 2.19. The Bertz CT molecular complexity index is 185.